The number of benzene rings is 1. The third-order valence-corrected chi connectivity index (χ3v) is 5.84. The number of rotatable bonds is 5. The first-order chi connectivity index (χ1) is 12.5. The van der Waals surface area contributed by atoms with Crippen LogP contribution in [0.15, 0.2) is 24.3 Å². The van der Waals surface area contributed by atoms with Crippen molar-refractivity contribution in [3.8, 4) is 0 Å². The monoisotopic (exact) mass is 376 g/mol. The molecule has 1 aromatic rings. The summed E-state index contributed by atoms with van der Waals surface area (Å²) in [5.41, 5.74) is 0.999. The zero-order valence-corrected chi connectivity index (χ0v) is 15.9. The van der Waals surface area contributed by atoms with Gasteiger partial charge in [-0.2, -0.15) is 0 Å². The lowest BCUT2D eigenvalue weighted by Crippen LogP contribution is -2.59. The second kappa shape index (κ2) is 8.21. The normalized spacial score (nSPS) is 20.6. The summed E-state index contributed by atoms with van der Waals surface area (Å²) < 4.78 is 0. The predicted molar refractivity (Wildman–Crippen MR) is 99.8 cm³/mol. The fourth-order valence-corrected chi connectivity index (χ4v) is 4.12. The zero-order chi connectivity index (χ0) is 18.7. The average molecular weight is 377 g/mol. The minimum absolute atomic E-state index is 0.151. The number of barbiturate groups is 1. The number of carbonyl (C=O) groups is 3. The van der Waals surface area contributed by atoms with Gasteiger partial charge in [0.05, 0.1) is 0 Å². The lowest BCUT2D eigenvalue weighted by Gasteiger charge is -2.40. The van der Waals surface area contributed by atoms with Gasteiger partial charge < -0.3 is 0 Å². The fraction of sp³-hybridized carbons (Fsp3) is 0.550. The van der Waals surface area contributed by atoms with Crippen molar-refractivity contribution in [1.82, 2.24) is 9.80 Å². The fourth-order valence-electron chi connectivity index (χ4n) is 3.99. The summed E-state index contributed by atoms with van der Waals surface area (Å²) in [6.45, 7) is 2.22. The van der Waals surface area contributed by atoms with E-state index in [1.165, 1.54) is 16.2 Å². The number of nitrogens with zero attached hydrogens (tertiary/aromatic N) is 2. The van der Waals surface area contributed by atoms with Crippen LogP contribution in [0.1, 0.15) is 51.0 Å². The van der Waals surface area contributed by atoms with Gasteiger partial charge >= 0.3 is 6.03 Å². The molecule has 1 saturated heterocycles. The first-order valence-corrected chi connectivity index (χ1v) is 9.76. The smallest absolute Gasteiger partial charge is 0.274 e. The lowest BCUT2D eigenvalue weighted by molar-refractivity contribution is -0.144. The maximum absolute atomic E-state index is 12.9. The van der Waals surface area contributed by atoms with E-state index in [-0.39, 0.29) is 24.9 Å². The van der Waals surface area contributed by atoms with Crippen LogP contribution in [0.3, 0.4) is 0 Å². The maximum Gasteiger partial charge on any atom is 0.333 e. The van der Waals surface area contributed by atoms with Crippen molar-refractivity contribution < 1.29 is 14.4 Å². The van der Waals surface area contributed by atoms with Crippen LogP contribution in [-0.4, -0.2) is 40.2 Å². The molecule has 1 saturated carbocycles. The molecule has 1 heterocycles. The van der Waals surface area contributed by atoms with E-state index in [4.69, 9.17) is 11.6 Å². The van der Waals surface area contributed by atoms with E-state index in [2.05, 4.69) is 0 Å². The molecule has 5 nitrogen and oxygen atoms in total. The number of imide groups is 2. The molecular weight excluding hydrogens is 352 g/mol. The van der Waals surface area contributed by atoms with E-state index in [0.717, 1.165) is 31.2 Å². The van der Waals surface area contributed by atoms with Gasteiger partial charge in [0.15, 0.2) is 0 Å². The summed E-state index contributed by atoms with van der Waals surface area (Å²) in [4.78, 5) is 40.1. The van der Waals surface area contributed by atoms with E-state index in [1.54, 1.807) is 12.1 Å². The van der Waals surface area contributed by atoms with Crippen LogP contribution in [0.5, 0.6) is 0 Å². The van der Waals surface area contributed by atoms with Crippen molar-refractivity contribution in [3.05, 3.63) is 34.9 Å². The molecule has 0 N–H and O–H groups in total. The minimum Gasteiger partial charge on any atom is -0.274 e. The standard InChI is InChI=1S/C20H25ClN2O3/c1-14(16-5-3-2-4-6-16)23-19(25)13-18(24)22(20(23)26)12-11-15-7-9-17(21)10-8-15/h7-10,14,16H,2-6,11-13H2,1H3/t14-/m1/s1. The van der Waals surface area contributed by atoms with E-state index in [0.29, 0.717) is 17.4 Å². The predicted octanol–water partition coefficient (Wildman–Crippen LogP) is 4.03. The number of hydrogen-bond donors (Lipinski definition) is 0. The summed E-state index contributed by atoms with van der Waals surface area (Å²) in [6, 6.07) is 6.73. The van der Waals surface area contributed by atoms with Gasteiger partial charge in [-0.25, -0.2) is 4.79 Å². The Hall–Kier alpha value is -1.88. The Labute approximate surface area is 159 Å². The van der Waals surface area contributed by atoms with Crippen LogP contribution in [0.25, 0.3) is 0 Å². The van der Waals surface area contributed by atoms with Crippen molar-refractivity contribution >= 4 is 29.4 Å². The molecule has 0 spiro atoms. The number of hydrogen-bond acceptors (Lipinski definition) is 3. The largest absolute Gasteiger partial charge is 0.333 e. The Morgan fingerprint density at radius 2 is 1.69 bits per heavy atom. The number of urea groups is 1. The van der Waals surface area contributed by atoms with Gasteiger partial charge in [0.2, 0.25) is 11.8 Å². The SMILES string of the molecule is C[C@H](C1CCCCC1)N1C(=O)CC(=O)N(CCc2ccc(Cl)cc2)C1=O. The Balaban J connectivity index is 1.69. The average Bonchev–Trinajstić information content (AvgIpc) is 2.63. The van der Waals surface area contributed by atoms with E-state index < -0.39 is 11.9 Å². The first kappa shape index (κ1) is 18.9. The summed E-state index contributed by atoms with van der Waals surface area (Å²) in [5.74, 6) is -0.426. The van der Waals surface area contributed by atoms with Crippen LogP contribution in [0.4, 0.5) is 4.79 Å². The van der Waals surface area contributed by atoms with Gasteiger partial charge in [-0.15, -0.1) is 0 Å². The lowest BCUT2D eigenvalue weighted by atomic mass is 9.83. The van der Waals surface area contributed by atoms with Crippen LogP contribution >= 0.6 is 11.6 Å². The van der Waals surface area contributed by atoms with Gasteiger partial charge in [-0.05, 0) is 49.8 Å². The molecule has 1 aromatic carbocycles. The Morgan fingerprint density at radius 1 is 1.04 bits per heavy atom. The van der Waals surface area contributed by atoms with Crippen LogP contribution < -0.4 is 0 Å². The molecule has 0 radical (unpaired) electrons. The third-order valence-electron chi connectivity index (χ3n) is 5.59. The summed E-state index contributed by atoms with van der Waals surface area (Å²) in [5, 5.41) is 0.650. The van der Waals surface area contributed by atoms with E-state index >= 15 is 0 Å². The third kappa shape index (κ3) is 4.09. The highest BCUT2D eigenvalue weighted by Crippen LogP contribution is 2.31. The summed E-state index contributed by atoms with van der Waals surface area (Å²) in [6.07, 6.45) is 5.91. The summed E-state index contributed by atoms with van der Waals surface area (Å²) >= 11 is 5.89. The zero-order valence-electron chi connectivity index (χ0n) is 15.1. The second-order valence-electron chi connectivity index (χ2n) is 7.28. The molecule has 0 aromatic heterocycles. The molecular formula is C20H25ClN2O3. The molecule has 2 aliphatic rings. The van der Waals surface area contributed by atoms with Gasteiger partial charge in [-0.1, -0.05) is 43.0 Å². The van der Waals surface area contributed by atoms with Crippen molar-refractivity contribution in [3.63, 3.8) is 0 Å². The molecule has 1 atom stereocenters. The van der Waals surface area contributed by atoms with Crippen LogP contribution in [0, 0.1) is 5.92 Å². The number of amides is 4. The molecule has 1 aliphatic heterocycles. The van der Waals surface area contributed by atoms with Gasteiger partial charge in [0.1, 0.15) is 6.42 Å². The van der Waals surface area contributed by atoms with E-state index in [1.807, 2.05) is 19.1 Å². The van der Waals surface area contributed by atoms with E-state index in [9.17, 15) is 14.4 Å². The van der Waals surface area contributed by atoms with Crippen molar-refractivity contribution in [1.29, 1.82) is 0 Å². The van der Waals surface area contributed by atoms with Gasteiger partial charge in [-0.3, -0.25) is 19.4 Å². The number of halogens is 1. The number of carbonyl (C=O) groups excluding carboxylic acids is 3. The van der Waals surface area contributed by atoms with Crippen molar-refractivity contribution in [2.24, 2.45) is 5.92 Å². The quantitative estimate of drug-likeness (QED) is 0.729. The molecule has 140 valence electrons. The molecule has 2 fully saturated rings. The molecule has 6 heteroatoms. The molecule has 4 amide bonds. The maximum atomic E-state index is 12.9. The molecule has 26 heavy (non-hydrogen) atoms. The van der Waals surface area contributed by atoms with Crippen LogP contribution in [-0.2, 0) is 16.0 Å². The Bertz CT molecular complexity index is 683. The van der Waals surface area contributed by atoms with Crippen molar-refractivity contribution in [2.45, 2.75) is 57.9 Å². The molecule has 1 aliphatic carbocycles. The molecule has 0 unspecified atom stereocenters. The topological polar surface area (TPSA) is 57.7 Å². The minimum atomic E-state index is -0.460. The Morgan fingerprint density at radius 3 is 2.35 bits per heavy atom. The highest BCUT2D eigenvalue weighted by atomic mass is 35.5. The Kier molecular flexibility index (Phi) is 5.97. The van der Waals surface area contributed by atoms with Crippen molar-refractivity contribution in [2.75, 3.05) is 6.54 Å². The highest BCUT2D eigenvalue weighted by molar-refractivity contribution is 6.30. The van der Waals surface area contributed by atoms with Crippen LogP contribution in [0.2, 0.25) is 5.02 Å². The molecule has 0 bridgehead atoms. The first-order valence-electron chi connectivity index (χ1n) is 9.38. The van der Waals surface area contributed by atoms with Gasteiger partial charge in [0.25, 0.3) is 0 Å². The van der Waals surface area contributed by atoms with Gasteiger partial charge in [0, 0.05) is 17.6 Å². The molecule has 3 rings (SSSR count). The second-order valence-corrected chi connectivity index (χ2v) is 7.72. The summed E-state index contributed by atoms with van der Waals surface area (Å²) in [7, 11) is 0. The highest BCUT2D eigenvalue weighted by Gasteiger charge is 2.42.